The van der Waals surface area contributed by atoms with Crippen LogP contribution in [-0.4, -0.2) is 25.0 Å². The van der Waals surface area contributed by atoms with E-state index in [2.05, 4.69) is 10.6 Å². The van der Waals surface area contributed by atoms with E-state index in [0.29, 0.717) is 23.7 Å². The van der Waals surface area contributed by atoms with E-state index in [1.165, 1.54) is 11.3 Å². The summed E-state index contributed by atoms with van der Waals surface area (Å²) in [6.45, 7) is 1.30. The van der Waals surface area contributed by atoms with Crippen LogP contribution in [-0.2, 0) is 0 Å². The maximum atomic E-state index is 12.7. The fourth-order valence-corrected chi connectivity index (χ4v) is 3.77. The molecule has 0 unspecified atom stereocenters. The molecule has 6 heteroatoms. The summed E-state index contributed by atoms with van der Waals surface area (Å²) in [4.78, 5) is 26.8. The van der Waals surface area contributed by atoms with Crippen molar-refractivity contribution in [3.8, 4) is 11.1 Å². The third-order valence-corrected chi connectivity index (χ3v) is 5.16. The van der Waals surface area contributed by atoms with Crippen LogP contribution in [0.3, 0.4) is 0 Å². The van der Waals surface area contributed by atoms with Gasteiger partial charge in [0.15, 0.2) is 0 Å². The topological polar surface area (TPSA) is 61.4 Å². The number of amides is 3. The number of nitrogens with zero attached hydrogens (tertiary/aromatic N) is 1. The Balaban J connectivity index is 1.51. The average molecular weight is 363 g/mol. The molecule has 0 aliphatic carbocycles. The maximum Gasteiger partial charge on any atom is 0.321 e. The van der Waals surface area contributed by atoms with Gasteiger partial charge in [0.1, 0.15) is 0 Å². The maximum absolute atomic E-state index is 12.7. The van der Waals surface area contributed by atoms with Gasteiger partial charge < -0.3 is 10.6 Å². The highest BCUT2D eigenvalue weighted by Crippen LogP contribution is 2.29. The number of hydrogen-bond acceptors (Lipinski definition) is 3. The van der Waals surface area contributed by atoms with Crippen LogP contribution in [0.2, 0.25) is 0 Å². The Hall–Kier alpha value is -3.12. The lowest BCUT2D eigenvalue weighted by atomic mass is 10.1. The number of carbonyl (C=O) groups is 2. The Morgan fingerprint density at radius 3 is 2.50 bits per heavy atom. The zero-order valence-corrected chi connectivity index (χ0v) is 14.8. The van der Waals surface area contributed by atoms with Crippen molar-refractivity contribution in [3.05, 3.63) is 70.9 Å². The van der Waals surface area contributed by atoms with Crippen LogP contribution in [0, 0.1) is 0 Å². The smallest absolute Gasteiger partial charge is 0.321 e. The standard InChI is InChI=1S/C20H17N3O2S/c24-19(18-17(10-13-26-18)14-4-2-1-3-5-14)22-15-6-8-16(9-7-15)23-12-11-21-20(23)25/h1-10,13H,11-12H2,(H,21,25)(H,22,24). The molecular weight excluding hydrogens is 346 g/mol. The number of carbonyl (C=O) groups excluding carboxylic acids is 2. The van der Waals surface area contributed by atoms with E-state index in [-0.39, 0.29) is 11.9 Å². The third kappa shape index (κ3) is 3.19. The summed E-state index contributed by atoms with van der Waals surface area (Å²) >= 11 is 1.42. The Bertz CT molecular complexity index is 935. The lowest BCUT2D eigenvalue weighted by Crippen LogP contribution is -2.27. The summed E-state index contributed by atoms with van der Waals surface area (Å²) in [6, 6.07) is 19.0. The van der Waals surface area contributed by atoms with E-state index in [1.807, 2.05) is 66.0 Å². The lowest BCUT2D eigenvalue weighted by Gasteiger charge is -2.14. The fourth-order valence-electron chi connectivity index (χ4n) is 2.96. The zero-order valence-electron chi connectivity index (χ0n) is 13.9. The van der Waals surface area contributed by atoms with Crippen molar-refractivity contribution in [2.45, 2.75) is 0 Å². The van der Waals surface area contributed by atoms with Crippen molar-refractivity contribution in [1.82, 2.24) is 5.32 Å². The van der Waals surface area contributed by atoms with Gasteiger partial charge in [0.2, 0.25) is 0 Å². The highest BCUT2D eigenvalue weighted by molar-refractivity contribution is 7.12. The molecule has 0 atom stereocenters. The number of benzene rings is 2. The van der Waals surface area contributed by atoms with E-state index < -0.39 is 0 Å². The minimum Gasteiger partial charge on any atom is -0.336 e. The van der Waals surface area contributed by atoms with Gasteiger partial charge in [-0.15, -0.1) is 11.3 Å². The van der Waals surface area contributed by atoms with E-state index in [1.54, 1.807) is 4.90 Å². The summed E-state index contributed by atoms with van der Waals surface area (Å²) in [5.74, 6) is -0.134. The van der Waals surface area contributed by atoms with E-state index >= 15 is 0 Å². The second kappa shape index (κ2) is 7.01. The molecule has 130 valence electrons. The minimum absolute atomic E-state index is 0.0899. The van der Waals surface area contributed by atoms with Gasteiger partial charge >= 0.3 is 6.03 Å². The van der Waals surface area contributed by atoms with E-state index in [4.69, 9.17) is 0 Å². The average Bonchev–Trinajstić information content (AvgIpc) is 3.32. The van der Waals surface area contributed by atoms with E-state index in [0.717, 1.165) is 16.8 Å². The number of thiophene rings is 1. The molecule has 2 aromatic carbocycles. The van der Waals surface area contributed by atoms with E-state index in [9.17, 15) is 9.59 Å². The van der Waals surface area contributed by atoms with Gasteiger partial charge in [0, 0.05) is 30.0 Å². The molecule has 1 fully saturated rings. The molecule has 1 aromatic heterocycles. The fraction of sp³-hybridized carbons (Fsp3) is 0.100. The zero-order chi connectivity index (χ0) is 17.9. The molecule has 1 aliphatic rings. The molecule has 2 heterocycles. The van der Waals surface area contributed by atoms with Crippen molar-refractivity contribution < 1.29 is 9.59 Å². The first-order valence-corrected chi connectivity index (χ1v) is 9.20. The van der Waals surface area contributed by atoms with Crippen LogP contribution in [0.1, 0.15) is 9.67 Å². The predicted octanol–water partition coefficient (Wildman–Crippen LogP) is 4.20. The number of nitrogens with one attached hydrogen (secondary N) is 2. The Kier molecular flexibility index (Phi) is 4.41. The normalized spacial score (nSPS) is 13.5. The molecule has 0 saturated carbocycles. The molecule has 4 rings (SSSR count). The van der Waals surface area contributed by atoms with Crippen LogP contribution in [0.15, 0.2) is 66.0 Å². The van der Waals surface area contributed by atoms with Crippen LogP contribution >= 0.6 is 11.3 Å². The van der Waals surface area contributed by atoms with Gasteiger partial charge in [0.05, 0.1) is 4.88 Å². The van der Waals surface area contributed by atoms with Gasteiger partial charge in [-0.2, -0.15) is 0 Å². The number of hydrogen-bond donors (Lipinski definition) is 2. The Morgan fingerprint density at radius 1 is 1.04 bits per heavy atom. The molecular formula is C20H17N3O2S. The van der Waals surface area contributed by atoms with Crippen LogP contribution < -0.4 is 15.5 Å². The largest absolute Gasteiger partial charge is 0.336 e. The molecule has 0 radical (unpaired) electrons. The molecule has 1 aliphatic heterocycles. The van der Waals surface area contributed by atoms with Gasteiger partial charge in [-0.05, 0) is 41.3 Å². The van der Waals surface area contributed by atoms with Crippen LogP contribution in [0.4, 0.5) is 16.2 Å². The summed E-state index contributed by atoms with van der Waals surface area (Å²) < 4.78 is 0. The SMILES string of the molecule is O=C(Nc1ccc(N2CCNC2=O)cc1)c1sccc1-c1ccccc1. The van der Waals surface area contributed by atoms with Crippen LogP contribution in [0.25, 0.3) is 11.1 Å². The number of urea groups is 1. The Morgan fingerprint density at radius 2 is 1.81 bits per heavy atom. The lowest BCUT2D eigenvalue weighted by molar-refractivity contribution is 0.103. The molecule has 0 spiro atoms. The van der Waals surface area contributed by atoms with Crippen molar-refractivity contribution in [2.24, 2.45) is 0 Å². The second-order valence-corrected chi connectivity index (χ2v) is 6.83. The molecule has 3 aromatic rings. The van der Waals surface area contributed by atoms with Crippen molar-refractivity contribution >= 4 is 34.6 Å². The summed E-state index contributed by atoms with van der Waals surface area (Å²) in [7, 11) is 0. The van der Waals surface area contributed by atoms with Gasteiger partial charge in [-0.3, -0.25) is 9.69 Å². The monoisotopic (exact) mass is 363 g/mol. The third-order valence-electron chi connectivity index (χ3n) is 4.25. The van der Waals surface area contributed by atoms with Crippen molar-refractivity contribution in [2.75, 3.05) is 23.3 Å². The molecule has 2 N–H and O–H groups in total. The molecule has 1 saturated heterocycles. The van der Waals surface area contributed by atoms with Gasteiger partial charge in [-0.1, -0.05) is 30.3 Å². The summed E-state index contributed by atoms with van der Waals surface area (Å²) in [5, 5.41) is 7.63. The molecule has 0 bridgehead atoms. The second-order valence-electron chi connectivity index (χ2n) is 5.91. The molecule has 26 heavy (non-hydrogen) atoms. The van der Waals surface area contributed by atoms with Gasteiger partial charge in [0.25, 0.3) is 5.91 Å². The summed E-state index contributed by atoms with van der Waals surface area (Å²) in [6.07, 6.45) is 0. The quantitative estimate of drug-likeness (QED) is 0.730. The van der Waals surface area contributed by atoms with Crippen LogP contribution in [0.5, 0.6) is 0 Å². The summed E-state index contributed by atoms with van der Waals surface area (Å²) in [5.41, 5.74) is 3.47. The number of anilines is 2. The first-order valence-electron chi connectivity index (χ1n) is 8.32. The first-order chi connectivity index (χ1) is 12.7. The minimum atomic E-state index is -0.134. The Labute approximate surface area is 155 Å². The first kappa shape index (κ1) is 16.4. The van der Waals surface area contributed by atoms with Crippen molar-refractivity contribution in [3.63, 3.8) is 0 Å². The number of rotatable bonds is 4. The van der Waals surface area contributed by atoms with Crippen molar-refractivity contribution in [1.29, 1.82) is 0 Å². The highest BCUT2D eigenvalue weighted by Gasteiger charge is 2.21. The molecule has 3 amide bonds. The van der Waals surface area contributed by atoms with Gasteiger partial charge in [-0.25, -0.2) is 4.79 Å². The highest BCUT2D eigenvalue weighted by atomic mass is 32.1. The predicted molar refractivity (Wildman–Crippen MR) is 105 cm³/mol. The molecule has 5 nitrogen and oxygen atoms in total.